The van der Waals surface area contributed by atoms with Crippen molar-refractivity contribution in [3.05, 3.63) is 89.5 Å². The third kappa shape index (κ3) is 6.31. The summed E-state index contributed by atoms with van der Waals surface area (Å²) >= 11 is 0. The van der Waals surface area contributed by atoms with Crippen LogP contribution in [-0.4, -0.2) is 18.0 Å². The Morgan fingerprint density at radius 3 is 2.59 bits per heavy atom. The number of methoxy groups -OCH3 is 1. The predicted molar refractivity (Wildman–Crippen MR) is 108 cm³/mol. The van der Waals surface area contributed by atoms with Crippen LogP contribution in [0.3, 0.4) is 0 Å². The van der Waals surface area contributed by atoms with Crippen LogP contribution in [-0.2, 0) is 24.4 Å². The summed E-state index contributed by atoms with van der Waals surface area (Å²) in [6.07, 6.45) is 4.23. The number of rotatable bonds is 9. The van der Waals surface area contributed by atoms with Crippen molar-refractivity contribution in [2.24, 2.45) is 0 Å². The molecule has 1 heterocycles. The molecule has 1 amide bonds. The highest BCUT2D eigenvalue weighted by molar-refractivity contribution is 5.76. The van der Waals surface area contributed by atoms with E-state index in [1.54, 1.807) is 25.6 Å². The topological polar surface area (TPSA) is 60.5 Å². The largest absolute Gasteiger partial charge is 0.493 e. The molecule has 150 valence electrons. The summed E-state index contributed by atoms with van der Waals surface area (Å²) in [6.45, 7) is 0.790. The minimum absolute atomic E-state index is 0.0914. The van der Waals surface area contributed by atoms with Crippen molar-refractivity contribution in [3.63, 3.8) is 0 Å². The first-order valence-electron chi connectivity index (χ1n) is 9.34. The molecule has 6 heteroatoms. The van der Waals surface area contributed by atoms with Gasteiger partial charge >= 0.3 is 0 Å². The van der Waals surface area contributed by atoms with Crippen molar-refractivity contribution in [1.82, 2.24) is 10.3 Å². The highest BCUT2D eigenvalue weighted by atomic mass is 19.1. The smallest absolute Gasteiger partial charge is 0.220 e. The number of aromatic nitrogens is 1. The summed E-state index contributed by atoms with van der Waals surface area (Å²) < 4.78 is 24.4. The van der Waals surface area contributed by atoms with Crippen molar-refractivity contribution in [1.29, 1.82) is 0 Å². The summed E-state index contributed by atoms with van der Waals surface area (Å²) in [6, 6.07) is 15.6. The Labute approximate surface area is 169 Å². The van der Waals surface area contributed by atoms with Gasteiger partial charge in [-0.25, -0.2) is 4.39 Å². The van der Waals surface area contributed by atoms with E-state index in [0.29, 0.717) is 37.5 Å². The number of benzene rings is 2. The molecule has 0 unspecified atom stereocenters. The number of aryl methyl sites for hydroxylation is 1. The maximum atomic E-state index is 13.2. The van der Waals surface area contributed by atoms with E-state index in [1.165, 1.54) is 12.1 Å². The number of hydrogen-bond donors (Lipinski definition) is 1. The van der Waals surface area contributed by atoms with Crippen molar-refractivity contribution < 1.29 is 18.7 Å². The van der Waals surface area contributed by atoms with E-state index in [-0.39, 0.29) is 11.7 Å². The third-order valence-electron chi connectivity index (χ3n) is 4.39. The second-order valence-electron chi connectivity index (χ2n) is 6.54. The normalized spacial score (nSPS) is 10.4. The zero-order valence-electron chi connectivity index (χ0n) is 16.2. The lowest BCUT2D eigenvalue weighted by Gasteiger charge is -2.13. The number of nitrogens with zero attached hydrogens (tertiary/aromatic N) is 1. The van der Waals surface area contributed by atoms with E-state index in [9.17, 15) is 9.18 Å². The number of ether oxygens (including phenoxy) is 2. The average molecular weight is 394 g/mol. The number of nitrogens with one attached hydrogen (secondary N) is 1. The Bertz CT molecular complexity index is 948. The molecular weight excluding hydrogens is 371 g/mol. The summed E-state index contributed by atoms with van der Waals surface area (Å²) in [4.78, 5) is 16.1. The lowest BCUT2D eigenvalue weighted by molar-refractivity contribution is -0.121. The van der Waals surface area contributed by atoms with Crippen molar-refractivity contribution in [2.75, 3.05) is 7.11 Å². The third-order valence-corrected chi connectivity index (χ3v) is 4.39. The summed E-state index contributed by atoms with van der Waals surface area (Å²) in [5.74, 6) is 0.851. The Balaban J connectivity index is 1.50. The van der Waals surface area contributed by atoms with Crippen LogP contribution < -0.4 is 14.8 Å². The second kappa shape index (κ2) is 10.2. The minimum Gasteiger partial charge on any atom is -0.493 e. The quantitative estimate of drug-likeness (QED) is 0.595. The number of amides is 1. The summed E-state index contributed by atoms with van der Waals surface area (Å²) in [5, 5.41) is 2.88. The molecule has 29 heavy (non-hydrogen) atoms. The Morgan fingerprint density at radius 1 is 1.00 bits per heavy atom. The Morgan fingerprint density at radius 2 is 1.83 bits per heavy atom. The van der Waals surface area contributed by atoms with Gasteiger partial charge in [-0.05, 0) is 59.5 Å². The van der Waals surface area contributed by atoms with Gasteiger partial charge in [-0.15, -0.1) is 0 Å². The predicted octanol–water partition coefficient (Wildman–Crippen LogP) is 4.06. The molecule has 5 nitrogen and oxygen atoms in total. The van der Waals surface area contributed by atoms with Gasteiger partial charge in [-0.3, -0.25) is 9.78 Å². The molecule has 0 bridgehead atoms. The zero-order valence-corrected chi connectivity index (χ0v) is 16.2. The van der Waals surface area contributed by atoms with Crippen LogP contribution in [0.25, 0.3) is 0 Å². The van der Waals surface area contributed by atoms with Gasteiger partial charge in [0.05, 0.1) is 7.11 Å². The zero-order chi connectivity index (χ0) is 20.5. The second-order valence-corrected chi connectivity index (χ2v) is 6.54. The van der Waals surface area contributed by atoms with E-state index in [4.69, 9.17) is 9.47 Å². The maximum Gasteiger partial charge on any atom is 0.220 e. The van der Waals surface area contributed by atoms with Gasteiger partial charge < -0.3 is 14.8 Å². The van der Waals surface area contributed by atoms with Crippen LogP contribution in [0.2, 0.25) is 0 Å². The summed E-state index contributed by atoms with van der Waals surface area (Å²) in [5.41, 5.74) is 2.71. The molecule has 3 rings (SSSR count). The van der Waals surface area contributed by atoms with Crippen LogP contribution in [0.1, 0.15) is 23.1 Å². The molecule has 0 atom stereocenters. The molecule has 2 aromatic carbocycles. The highest BCUT2D eigenvalue weighted by Gasteiger charge is 2.08. The number of carbonyl (C=O) groups excluding carboxylic acids is 1. The lowest BCUT2D eigenvalue weighted by atomic mass is 10.1. The van der Waals surface area contributed by atoms with Gasteiger partial charge in [0.2, 0.25) is 5.91 Å². The van der Waals surface area contributed by atoms with Gasteiger partial charge in [0.15, 0.2) is 11.5 Å². The van der Waals surface area contributed by atoms with Crippen molar-refractivity contribution >= 4 is 5.91 Å². The van der Waals surface area contributed by atoms with Gasteiger partial charge in [-0.2, -0.15) is 0 Å². The molecule has 0 spiro atoms. The number of hydrogen-bond acceptors (Lipinski definition) is 4. The van der Waals surface area contributed by atoms with Crippen LogP contribution in [0.4, 0.5) is 4.39 Å². The molecule has 1 N–H and O–H groups in total. The van der Waals surface area contributed by atoms with Gasteiger partial charge in [0, 0.05) is 25.4 Å². The van der Waals surface area contributed by atoms with E-state index in [1.807, 2.05) is 36.4 Å². The molecule has 0 radical (unpaired) electrons. The van der Waals surface area contributed by atoms with Gasteiger partial charge in [0.1, 0.15) is 12.4 Å². The first-order chi connectivity index (χ1) is 14.1. The monoisotopic (exact) mass is 394 g/mol. The number of pyridine rings is 1. The molecular formula is C23H23FN2O3. The molecule has 0 fully saturated rings. The van der Waals surface area contributed by atoms with Crippen LogP contribution >= 0.6 is 0 Å². The van der Waals surface area contributed by atoms with E-state index < -0.39 is 0 Å². The van der Waals surface area contributed by atoms with E-state index in [0.717, 1.165) is 16.7 Å². The fourth-order valence-electron chi connectivity index (χ4n) is 2.82. The van der Waals surface area contributed by atoms with Crippen LogP contribution in [0.5, 0.6) is 11.5 Å². The fraction of sp³-hybridized carbons (Fsp3) is 0.217. The SMILES string of the molecule is COc1cc(CNC(=O)CCc2cccc(F)c2)ccc1OCc1ccncc1. The molecule has 0 aliphatic rings. The fourth-order valence-corrected chi connectivity index (χ4v) is 2.82. The number of carbonyl (C=O) groups is 1. The van der Waals surface area contributed by atoms with Gasteiger partial charge in [0.25, 0.3) is 0 Å². The van der Waals surface area contributed by atoms with E-state index >= 15 is 0 Å². The van der Waals surface area contributed by atoms with Crippen LogP contribution in [0.15, 0.2) is 67.0 Å². The van der Waals surface area contributed by atoms with Crippen molar-refractivity contribution in [2.45, 2.75) is 26.0 Å². The first kappa shape index (κ1) is 20.3. The van der Waals surface area contributed by atoms with Crippen LogP contribution in [0, 0.1) is 5.82 Å². The summed E-state index contributed by atoms with van der Waals surface area (Å²) in [7, 11) is 1.58. The average Bonchev–Trinajstić information content (AvgIpc) is 2.75. The molecule has 3 aromatic rings. The Hall–Kier alpha value is -3.41. The standard InChI is InChI=1S/C23H23FN2O3/c1-28-22-14-19(5-7-21(22)29-16-18-9-11-25-12-10-18)15-26-23(27)8-6-17-3-2-4-20(24)13-17/h2-5,7,9-14H,6,8,15-16H2,1H3,(H,26,27). The lowest BCUT2D eigenvalue weighted by Crippen LogP contribution is -2.23. The highest BCUT2D eigenvalue weighted by Crippen LogP contribution is 2.28. The van der Waals surface area contributed by atoms with Crippen molar-refractivity contribution in [3.8, 4) is 11.5 Å². The first-order valence-corrected chi connectivity index (χ1v) is 9.34. The van der Waals surface area contributed by atoms with E-state index in [2.05, 4.69) is 10.3 Å². The molecule has 0 saturated carbocycles. The maximum absolute atomic E-state index is 13.2. The Kier molecular flexibility index (Phi) is 7.16. The minimum atomic E-state index is -0.291. The number of halogens is 1. The molecule has 1 aromatic heterocycles. The molecule has 0 aliphatic heterocycles. The molecule has 0 aliphatic carbocycles. The molecule has 0 saturated heterocycles. The van der Waals surface area contributed by atoms with Gasteiger partial charge in [-0.1, -0.05) is 18.2 Å².